The maximum atomic E-state index is 11.7. The number of carbonyl (C=O) groups is 1. The Morgan fingerprint density at radius 2 is 2.33 bits per heavy atom. The largest absolute Gasteiger partial charge is 0.289 e. The van der Waals surface area contributed by atoms with Crippen LogP contribution in [0, 0.1) is 3.57 Å². The summed E-state index contributed by atoms with van der Waals surface area (Å²) in [4.78, 5) is 11.7. The van der Waals surface area contributed by atoms with Crippen molar-refractivity contribution < 1.29 is 4.79 Å². The summed E-state index contributed by atoms with van der Waals surface area (Å²) in [5.41, 5.74) is 3.87. The van der Waals surface area contributed by atoms with Gasteiger partial charge < -0.3 is 0 Å². The molecule has 6 heteroatoms. The molecule has 0 unspecified atom stereocenters. The van der Waals surface area contributed by atoms with Crippen molar-refractivity contribution in [3.63, 3.8) is 0 Å². The number of benzene rings is 1. The first kappa shape index (κ1) is 12.7. The van der Waals surface area contributed by atoms with Crippen molar-refractivity contribution in [3.05, 3.63) is 51.4 Å². The van der Waals surface area contributed by atoms with Crippen molar-refractivity contribution in [2.75, 3.05) is 0 Å². The van der Waals surface area contributed by atoms with Crippen molar-refractivity contribution >= 4 is 34.7 Å². The number of amides is 1. The highest BCUT2D eigenvalue weighted by molar-refractivity contribution is 14.1. The number of nitrogens with zero attached hydrogens (tertiary/aromatic N) is 3. The van der Waals surface area contributed by atoms with Crippen molar-refractivity contribution in [3.8, 4) is 0 Å². The highest BCUT2D eigenvalue weighted by atomic mass is 127. The van der Waals surface area contributed by atoms with E-state index in [1.54, 1.807) is 25.5 Å². The molecule has 1 amide bonds. The zero-order chi connectivity index (χ0) is 13.0. The van der Waals surface area contributed by atoms with E-state index in [-0.39, 0.29) is 5.91 Å². The summed E-state index contributed by atoms with van der Waals surface area (Å²) in [6.07, 6.45) is 3.18. The summed E-state index contributed by atoms with van der Waals surface area (Å²) in [6, 6.07) is 9.46. The SMILES string of the molecule is Cn1nccc1C(=O)N/N=C/c1cccc(I)c1. The molecule has 0 aliphatic rings. The number of rotatable bonds is 3. The molecule has 5 nitrogen and oxygen atoms in total. The Labute approximate surface area is 118 Å². The lowest BCUT2D eigenvalue weighted by Gasteiger charge is -1.99. The van der Waals surface area contributed by atoms with Crippen LogP contribution in [0.4, 0.5) is 0 Å². The molecule has 0 aliphatic heterocycles. The third-order valence-corrected chi connectivity index (χ3v) is 2.95. The fourth-order valence-electron chi connectivity index (χ4n) is 1.41. The molecule has 1 aromatic carbocycles. The Balaban J connectivity index is 2.00. The second kappa shape index (κ2) is 5.76. The Morgan fingerprint density at radius 1 is 1.50 bits per heavy atom. The molecule has 1 heterocycles. The van der Waals surface area contributed by atoms with Crippen molar-refractivity contribution in [2.24, 2.45) is 12.1 Å². The summed E-state index contributed by atoms with van der Waals surface area (Å²) in [7, 11) is 1.71. The van der Waals surface area contributed by atoms with Gasteiger partial charge in [0.05, 0.1) is 6.21 Å². The van der Waals surface area contributed by atoms with Crippen LogP contribution in [0.5, 0.6) is 0 Å². The molecule has 2 aromatic rings. The van der Waals surface area contributed by atoms with Crippen molar-refractivity contribution in [2.45, 2.75) is 0 Å². The van der Waals surface area contributed by atoms with Gasteiger partial charge in [0.2, 0.25) is 0 Å². The Hall–Kier alpha value is -1.70. The minimum Gasteiger partial charge on any atom is -0.266 e. The minimum atomic E-state index is -0.281. The Bertz CT molecular complexity index is 591. The molecule has 92 valence electrons. The lowest BCUT2D eigenvalue weighted by atomic mass is 10.2. The Morgan fingerprint density at radius 3 is 3.00 bits per heavy atom. The van der Waals surface area contributed by atoms with E-state index in [9.17, 15) is 4.79 Å². The molecule has 0 aliphatic carbocycles. The molecule has 2 rings (SSSR count). The molecule has 0 radical (unpaired) electrons. The van der Waals surface area contributed by atoms with E-state index in [0.717, 1.165) is 9.13 Å². The molecule has 0 bridgehead atoms. The second-order valence-electron chi connectivity index (χ2n) is 3.59. The molecule has 0 saturated heterocycles. The third-order valence-electron chi connectivity index (χ3n) is 2.28. The summed E-state index contributed by atoms with van der Waals surface area (Å²) in [5.74, 6) is -0.281. The zero-order valence-electron chi connectivity index (χ0n) is 9.67. The van der Waals surface area contributed by atoms with Crippen LogP contribution < -0.4 is 5.43 Å². The van der Waals surface area contributed by atoms with Gasteiger partial charge in [-0.2, -0.15) is 10.2 Å². The predicted octanol–water partition coefficient (Wildman–Crippen LogP) is 1.79. The lowest BCUT2D eigenvalue weighted by molar-refractivity contribution is 0.0946. The highest BCUT2D eigenvalue weighted by Crippen LogP contribution is 2.05. The standard InChI is InChI=1S/C12H11IN4O/c1-17-11(5-6-15-17)12(18)16-14-8-9-3-2-4-10(13)7-9/h2-8H,1H3,(H,16,18)/b14-8+. The zero-order valence-corrected chi connectivity index (χ0v) is 11.8. The van der Waals surface area contributed by atoms with E-state index in [0.29, 0.717) is 5.69 Å². The van der Waals surface area contributed by atoms with Gasteiger partial charge in [-0.1, -0.05) is 12.1 Å². The predicted molar refractivity (Wildman–Crippen MR) is 77.4 cm³/mol. The first-order valence-corrected chi connectivity index (χ1v) is 6.31. The van der Waals surface area contributed by atoms with Crippen molar-refractivity contribution in [1.29, 1.82) is 0 Å². The van der Waals surface area contributed by atoms with Crippen LogP contribution in [-0.4, -0.2) is 21.9 Å². The number of carbonyl (C=O) groups excluding carboxylic acids is 1. The molecule has 0 fully saturated rings. The minimum absolute atomic E-state index is 0.281. The maximum absolute atomic E-state index is 11.7. The molecule has 0 atom stereocenters. The second-order valence-corrected chi connectivity index (χ2v) is 4.84. The van der Waals surface area contributed by atoms with E-state index >= 15 is 0 Å². The van der Waals surface area contributed by atoms with E-state index in [1.165, 1.54) is 4.68 Å². The summed E-state index contributed by atoms with van der Waals surface area (Å²) < 4.78 is 2.62. The molecule has 1 N–H and O–H groups in total. The van der Waals surface area contributed by atoms with Gasteiger partial charge in [-0.15, -0.1) is 0 Å². The topological polar surface area (TPSA) is 59.3 Å². The first-order chi connectivity index (χ1) is 8.66. The van der Waals surface area contributed by atoms with E-state index < -0.39 is 0 Å². The molecule has 18 heavy (non-hydrogen) atoms. The number of hydrogen-bond donors (Lipinski definition) is 1. The highest BCUT2D eigenvalue weighted by Gasteiger charge is 2.07. The normalized spacial score (nSPS) is 10.8. The van der Waals surface area contributed by atoms with Gasteiger partial charge in [-0.25, -0.2) is 5.43 Å². The Kier molecular flexibility index (Phi) is 4.08. The van der Waals surface area contributed by atoms with Gasteiger partial charge in [0, 0.05) is 16.8 Å². The smallest absolute Gasteiger partial charge is 0.266 e. The summed E-state index contributed by atoms with van der Waals surface area (Å²) in [5, 5.41) is 7.83. The van der Waals surface area contributed by atoms with Crippen LogP contribution in [0.3, 0.4) is 0 Å². The number of aromatic nitrogens is 2. The number of halogens is 1. The molecule has 0 spiro atoms. The van der Waals surface area contributed by atoms with Gasteiger partial charge >= 0.3 is 0 Å². The van der Waals surface area contributed by atoms with Crippen LogP contribution in [0.2, 0.25) is 0 Å². The fraction of sp³-hybridized carbons (Fsp3) is 0.0833. The number of hydrazone groups is 1. The van der Waals surface area contributed by atoms with Crippen LogP contribution in [0.25, 0.3) is 0 Å². The van der Waals surface area contributed by atoms with Gasteiger partial charge in [0.1, 0.15) is 5.69 Å². The lowest BCUT2D eigenvalue weighted by Crippen LogP contribution is -2.20. The average Bonchev–Trinajstić information content (AvgIpc) is 2.75. The average molecular weight is 354 g/mol. The molecule has 1 aromatic heterocycles. The summed E-state index contributed by atoms with van der Waals surface area (Å²) >= 11 is 2.22. The summed E-state index contributed by atoms with van der Waals surface area (Å²) in [6.45, 7) is 0. The monoisotopic (exact) mass is 354 g/mol. The molecular weight excluding hydrogens is 343 g/mol. The van der Waals surface area contributed by atoms with Gasteiger partial charge in [0.15, 0.2) is 0 Å². The third kappa shape index (κ3) is 3.16. The van der Waals surface area contributed by atoms with Gasteiger partial charge in [-0.3, -0.25) is 9.48 Å². The molecule has 0 saturated carbocycles. The van der Waals surface area contributed by atoms with E-state index in [2.05, 4.69) is 38.2 Å². The quantitative estimate of drug-likeness (QED) is 0.519. The van der Waals surface area contributed by atoms with Crippen LogP contribution >= 0.6 is 22.6 Å². The van der Waals surface area contributed by atoms with Gasteiger partial charge in [0.25, 0.3) is 5.91 Å². The number of hydrogen-bond acceptors (Lipinski definition) is 3. The maximum Gasteiger partial charge on any atom is 0.289 e. The molecular formula is C12H11IN4O. The van der Waals surface area contributed by atoms with E-state index in [1.807, 2.05) is 24.3 Å². The van der Waals surface area contributed by atoms with Crippen molar-refractivity contribution in [1.82, 2.24) is 15.2 Å². The van der Waals surface area contributed by atoms with Crippen LogP contribution in [0.1, 0.15) is 16.1 Å². The van der Waals surface area contributed by atoms with Crippen LogP contribution in [0.15, 0.2) is 41.6 Å². The number of aryl methyl sites for hydroxylation is 1. The van der Waals surface area contributed by atoms with E-state index in [4.69, 9.17) is 0 Å². The van der Waals surface area contributed by atoms with Gasteiger partial charge in [-0.05, 0) is 46.4 Å². The fourth-order valence-corrected chi connectivity index (χ4v) is 1.97. The van der Waals surface area contributed by atoms with Crippen LogP contribution in [-0.2, 0) is 7.05 Å². The first-order valence-electron chi connectivity index (χ1n) is 5.24. The number of nitrogens with one attached hydrogen (secondary N) is 1.